The van der Waals surface area contributed by atoms with Crippen molar-refractivity contribution in [2.75, 3.05) is 43.5 Å². The first-order valence-electron chi connectivity index (χ1n) is 13.8. The maximum atomic E-state index is 12.6. The molecule has 1 amide bonds. The zero-order valence-corrected chi connectivity index (χ0v) is 24.1. The lowest BCUT2D eigenvalue weighted by Gasteiger charge is -2.35. The summed E-state index contributed by atoms with van der Waals surface area (Å²) >= 11 is 1.63. The van der Waals surface area contributed by atoms with Gasteiger partial charge in [-0.25, -0.2) is 19.7 Å². The summed E-state index contributed by atoms with van der Waals surface area (Å²) in [5.41, 5.74) is 2.23. The minimum Gasteiger partial charge on any atom is -0.497 e. The number of aromatic nitrogens is 3. The predicted octanol–water partition coefficient (Wildman–Crippen LogP) is 6.08. The van der Waals surface area contributed by atoms with E-state index in [1.165, 1.54) is 19.3 Å². The minimum absolute atomic E-state index is 0.264. The van der Waals surface area contributed by atoms with Gasteiger partial charge >= 0.3 is 6.09 Å². The van der Waals surface area contributed by atoms with Crippen molar-refractivity contribution in [3.63, 3.8) is 0 Å². The van der Waals surface area contributed by atoms with E-state index in [1.54, 1.807) is 23.3 Å². The number of methoxy groups -OCH3 is 1. The normalized spacial score (nSPS) is 16.7. The van der Waals surface area contributed by atoms with Crippen LogP contribution in [0.15, 0.2) is 36.5 Å². The van der Waals surface area contributed by atoms with Gasteiger partial charge in [0.15, 0.2) is 5.13 Å². The van der Waals surface area contributed by atoms with Gasteiger partial charge in [-0.1, -0.05) is 30.6 Å². The molecule has 3 aromatic rings. The van der Waals surface area contributed by atoms with Crippen LogP contribution in [0.4, 0.5) is 15.9 Å². The molecule has 1 N–H and O–H groups in total. The zero-order valence-electron chi connectivity index (χ0n) is 23.3. The molecule has 5 rings (SSSR count). The van der Waals surface area contributed by atoms with Crippen LogP contribution in [-0.4, -0.2) is 70.9 Å². The van der Waals surface area contributed by atoms with Crippen LogP contribution in [0.3, 0.4) is 0 Å². The highest BCUT2D eigenvalue weighted by atomic mass is 32.1. The summed E-state index contributed by atoms with van der Waals surface area (Å²) in [4.78, 5) is 32.1. The van der Waals surface area contributed by atoms with E-state index >= 15 is 0 Å². The van der Waals surface area contributed by atoms with Gasteiger partial charge in [-0.15, -0.1) is 0 Å². The minimum atomic E-state index is -0.506. The second-order valence-electron chi connectivity index (χ2n) is 11.1. The standard InChI is InChI=1S/C29H38N6O3S/c1-29(2,3)38-28(36)35-18-16-34(17-19-35)27-33-24(20-10-12-22(37-4)13-11-20)25(39-27)23-14-15-30-26(32-23)31-21-8-6-5-7-9-21/h10-15,21H,5-9,16-19H2,1-4H3,(H,30,31,32). The maximum absolute atomic E-state index is 12.6. The number of rotatable bonds is 6. The molecular formula is C29H38N6O3S. The van der Waals surface area contributed by atoms with Crippen LogP contribution in [0.25, 0.3) is 21.8 Å². The molecule has 0 atom stereocenters. The largest absolute Gasteiger partial charge is 0.497 e. The molecule has 0 unspecified atom stereocenters. The number of carbonyl (C=O) groups excluding carboxylic acids is 1. The highest BCUT2D eigenvalue weighted by Crippen LogP contribution is 2.40. The van der Waals surface area contributed by atoms with E-state index in [-0.39, 0.29) is 6.09 Å². The van der Waals surface area contributed by atoms with Crippen LogP contribution in [0.1, 0.15) is 52.9 Å². The van der Waals surface area contributed by atoms with Gasteiger partial charge < -0.3 is 24.6 Å². The fraction of sp³-hybridized carbons (Fsp3) is 0.517. The summed E-state index contributed by atoms with van der Waals surface area (Å²) in [5.74, 6) is 1.47. The number of benzene rings is 1. The number of anilines is 2. The Bertz CT molecular complexity index is 1260. The number of hydrogen-bond donors (Lipinski definition) is 1. The number of nitrogens with zero attached hydrogens (tertiary/aromatic N) is 5. The number of hydrogen-bond acceptors (Lipinski definition) is 9. The topological polar surface area (TPSA) is 92.7 Å². The third kappa shape index (κ3) is 6.79. The lowest BCUT2D eigenvalue weighted by atomic mass is 9.96. The summed E-state index contributed by atoms with van der Waals surface area (Å²) in [6, 6.07) is 10.3. The molecule has 1 saturated heterocycles. The smallest absolute Gasteiger partial charge is 0.410 e. The molecule has 2 aliphatic rings. The van der Waals surface area contributed by atoms with Crippen LogP contribution < -0.4 is 15.0 Å². The van der Waals surface area contributed by atoms with Crippen LogP contribution in [0.2, 0.25) is 0 Å². The number of thiazole rings is 1. The quantitative estimate of drug-likeness (QED) is 0.395. The molecule has 1 aliphatic carbocycles. The lowest BCUT2D eigenvalue weighted by molar-refractivity contribution is 0.0240. The number of ether oxygens (including phenoxy) is 2. The number of piperazine rings is 1. The van der Waals surface area contributed by atoms with Crippen molar-refractivity contribution in [1.82, 2.24) is 19.9 Å². The molecule has 9 nitrogen and oxygen atoms in total. The fourth-order valence-electron chi connectivity index (χ4n) is 4.95. The van der Waals surface area contributed by atoms with Crippen molar-refractivity contribution in [3.05, 3.63) is 36.5 Å². The van der Waals surface area contributed by atoms with Crippen LogP contribution in [0, 0.1) is 0 Å². The molecule has 3 heterocycles. The first kappa shape index (κ1) is 27.2. The molecule has 0 bridgehead atoms. The monoisotopic (exact) mass is 550 g/mol. The van der Waals surface area contributed by atoms with E-state index in [1.807, 2.05) is 57.3 Å². The maximum Gasteiger partial charge on any atom is 0.410 e. The van der Waals surface area contributed by atoms with E-state index < -0.39 is 5.60 Å². The highest BCUT2D eigenvalue weighted by Gasteiger charge is 2.28. The molecule has 0 spiro atoms. The first-order chi connectivity index (χ1) is 18.8. The van der Waals surface area contributed by atoms with E-state index in [0.717, 1.165) is 45.6 Å². The molecule has 2 aromatic heterocycles. The van der Waals surface area contributed by atoms with Crippen molar-refractivity contribution < 1.29 is 14.3 Å². The Morgan fingerprint density at radius 1 is 1.00 bits per heavy atom. The second kappa shape index (κ2) is 11.8. The predicted molar refractivity (Wildman–Crippen MR) is 156 cm³/mol. The van der Waals surface area contributed by atoms with Gasteiger partial charge in [-0.05, 0) is 63.9 Å². The van der Waals surface area contributed by atoms with Gasteiger partial charge in [-0.2, -0.15) is 0 Å². The van der Waals surface area contributed by atoms with Gasteiger partial charge in [0.05, 0.1) is 23.4 Å². The van der Waals surface area contributed by atoms with Crippen molar-refractivity contribution in [2.45, 2.75) is 64.5 Å². The SMILES string of the molecule is COc1ccc(-c2nc(N3CCN(C(=O)OC(C)(C)C)CC3)sc2-c2ccnc(NC3CCCCC3)n2)cc1. The summed E-state index contributed by atoms with van der Waals surface area (Å²) in [6.07, 6.45) is 7.68. The van der Waals surface area contributed by atoms with E-state index in [9.17, 15) is 4.79 Å². The van der Waals surface area contributed by atoms with Crippen LogP contribution in [-0.2, 0) is 4.74 Å². The van der Waals surface area contributed by atoms with E-state index in [2.05, 4.69) is 15.2 Å². The average Bonchev–Trinajstić information content (AvgIpc) is 3.39. The van der Waals surface area contributed by atoms with Crippen molar-refractivity contribution in [1.29, 1.82) is 0 Å². The van der Waals surface area contributed by atoms with E-state index in [4.69, 9.17) is 19.4 Å². The highest BCUT2D eigenvalue weighted by molar-refractivity contribution is 7.19. The Morgan fingerprint density at radius 2 is 1.72 bits per heavy atom. The number of carbonyl (C=O) groups is 1. The van der Waals surface area contributed by atoms with Gasteiger partial charge in [0.25, 0.3) is 0 Å². The third-order valence-electron chi connectivity index (χ3n) is 7.01. The van der Waals surface area contributed by atoms with Gasteiger partial charge in [0.1, 0.15) is 11.4 Å². The summed E-state index contributed by atoms with van der Waals surface area (Å²) < 4.78 is 10.9. The van der Waals surface area contributed by atoms with Gasteiger partial charge in [-0.3, -0.25) is 0 Å². The molecule has 1 aromatic carbocycles. The van der Waals surface area contributed by atoms with Crippen LogP contribution >= 0.6 is 11.3 Å². The Morgan fingerprint density at radius 3 is 2.38 bits per heavy atom. The Kier molecular flexibility index (Phi) is 8.20. The zero-order chi connectivity index (χ0) is 27.4. The fourth-order valence-corrected chi connectivity index (χ4v) is 6.06. The molecular weight excluding hydrogens is 512 g/mol. The van der Waals surface area contributed by atoms with E-state index in [0.29, 0.717) is 38.2 Å². The van der Waals surface area contributed by atoms with Gasteiger partial charge in [0, 0.05) is 44.0 Å². The second-order valence-corrected chi connectivity index (χ2v) is 12.1. The first-order valence-corrected chi connectivity index (χ1v) is 14.6. The number of amides is 1. The molecule has 208 valence electrons. The van der Waals surface area contributed by atoms with Crippen molar-refractivity contribution in [3.8, 4) is 27.6 Å². The Labute approximate surface area is 234 Å². The van der Waals surface area contributed by atoms with Crippen molar-refractivity contribution in [2.24, 2.45) is 0 Å². The Balaban J connectivity index is 1.40. The molecule has 2 fully saturated rings. The Hall–Kier alpha value is -3.40. The summed E-state index contributed by atoms with van der Waals surface area (Å²) in [6.45, 7) is 8.22. The molecule has 39 heavy (non-hydrogen) atoms. The number of nitrogens with one attached hydrogen (secondary N) is 1. The lowest BCUT2D eigenvalue weighted by Crippen LogP contribution is -2.50. The average molecular weight is 551 g/mol. The molecule has 0 radical (unpaired) electrons. The van der Waals surface area contributed by atoms with Crippen LogP contribution in [0.5, 0.6) is 5.75 Å². The molecule has 1 saturated carbocycles. The van der Waals surface area contributed by atoms with Crippen molar-refractivity contribution >= 4 is 28.5 Å². The molecule has 1 aliphatic heterocycles. The summed E-state index contributed by atoms with van der Waals surface area (Å²) in [7, 11) is 1.67. The third-order valence-corrected chi connectivity index (χ3v) is 8.15. The molecule has 10 heteroatoms. The summed E-state index contributed by atoms with van der Waals surface area (Å²) in [5, 5.41) is 4.47. The van der Waals surface area contributed by atoms with Gasteiger partial charge in [0.2, 0.25) is 5.95 Å².